The highest BCUT2D eigenvalue weighted by Gasteiger charge is 2.08. The van der Waals surface area contributed by atoms with E-state index in [1.165, 1.54) is 0 Å². The van der Waals surface area contributed by atoms with Crippen molar-refractivity contribution in [1.82, 2.24) is 14.5 Å². The van der Waals surface area contributed by atoms with Gasteiger partial charge >= 0.3 is 0 Å². The summed E-state index contributed by atoms with van der Waals surface area (Å²) >= 11 is 0. The van der Waals surface area contributed by atoms with Gasteiger partial charge in [0.15, 0.2) is 0 Å². The van der Waals surface area contributed by atoms with E-state index < -0.39 is 16.7 Å². The number of halogens is 1. The maximum absolute atomic E-state index is 11.9. The standard InChI is InChI=1S/C10H19FN4O2S/c1-9-8-10(15(2)14-9)12-5-6-13-18(16,17)7-3-4-11/h8,12-13H,3-7H2,1-2H3. The third kappa shape index (κ3) is 5.01. The van der Waals surface area contributed by atoms with Gasteiger partial charge in [0.25, 0.3) is 0 Å². The highest BCUT2D eigenvalue weighted by Crippen LogP contribution is 2.06. The fourth-order valence-electron chi connectivity index (χ4n) is 1.49. The second-order valence-electron chi connectivity index (χ2n) is 3.98. The van der Waals surface area contributed by atoms with Crippen molar-refractivity contribution in [3.8, 4) is 0 Å². The Kier molecular flexibility index (Phi) is 5.54. The molecular weight excluding hydrogens is 259 g/mol. The molecule has 0 radical (unpaired) electrons. The monoisotopic (exact) mass is 278 g/mol. The van der Waals surface area contributed by atoms with E-state index >= 15 is 0 Å². The second kappa shape index (κ2) is 6.69. The summed E-state index contributed by atoms with van der Waals surface area (Å²) < 4.78 is 38.7. The molecule has 18 heavy (non-hydrogen) atoms. The summed E-state index contributed by atoms with van der Waals surface area (Å²) in [7, 11) is -1.55. The van der Waals surface area contributed by atoms with Crippen molar-refractivity contribution in [3.63, 3.8) is 0 Å². The van der Waals surface area contributed by atoms with Crippen LogP contribution in [0.15, 0.2) is 6.07 Å². The minimum absolute atomic E-state index is 0.0314. The molecule has 1 rings (SSSR count). The summed E-state index contributed by atoms with van der Waals surface area (Å²) in [5, 5.41) is 7.21. The molecule has 1 aromatic heterocycles. The van der Waals surface area contributed by atoms with E-state index in [9.17, 15) is 12.8 Å². The molecule has 0 spiro atoms. The summed E-state index contributed by atoms with van der Waals surface area (Å²) in [4.78, 5) is 0. The molecule has 1 heterocycles. The fraction of sp³-hybridized carbons (Fsp3) is 0.700. The van der Waals surface area contributed by atoms with Gasteiger partial charge in [-0.25, -0.2) is 13.1 Å². The number of rotatable bonds is 8. The Hall–Kier alpha value is -1.15. The Balaban J connectivity index is 2.28. The van der Waals surface area contributed by atoms with E-state index in [1.54, 1.807) is 11.7 Å². The molecule has 0 fully saturated rings. The Morgan fingerprint density at radius 3 is 2.72 bits per heavy atom. The van der Waals surface area contributed by atoms with Crippen LogP contribution < -0.4 is 10.0 Å². The van der Waals surface area contributed by atoms with Crippen molar-refractivity contribution < 1.29 is 12.8 Å². The molecule has 104 valence electrons. The lowest BCUT2D eigenvalue weighted by atomic mass is 10.4. The minimum Gasteiger partial charge on any atom is -0.369 e. The van der Waals surface area contributed by atoms with Gasteiger partial charge in [-0.15, -0.1) is 0 Å². The average Bonchev–Trinajstić information content (AvgIpc) is 2.61. The van der Waals surface area contributed by atoms with Gasteiger partial charge < -0.3 is 5.32 Å². The lowest BCUT2D eigenvalue weighted by molar-refractivity contribution is 0.483. The van der Waals surface area contributed by atoms with Crippen LogP contribution in [0, 0.1) is 6.92 Å². The Labute approximate surface area is 107 Å². The maximum Gasteiger partial charge on any atom is 0.211 e. The molecule has 0 atom stereocenters. The van der Waals surface area contributed by atoms with Gasteiger partial charge in [0.05, 0.1) is 18.1 Å². The van der Waals surface area contributed by atoms with E-state index in [-0.39, 0.29) is 18.7 Å². The van der Waals surface area contributed by atoms with Crippen LogP contribution in [0.2, 0.25) is 0 Å². The van der Waals surface area contributed by atoms with Gasteiger partial charge in [0.2, 0.25) is 10.0 Å². The van der Waals surface area contributed by atoms with Gasteiger partial charge in [-0.2, -0.15) is 5.10 Å². The van der Waals surface area contributed by atoms with Gasteiger partial charge in [-0.3, -0.25) is 9.07 Å². The van der Waals surface area contributed by atoms with Crippen LogP contribution in [-0.2, 0) is 17.1 Å². The highest BCUT2D eigenvalue weighted by molar-refractivity contribution is 7.89. The van der Waals surface area contributed by atoms with Crippen molar-refractivity contribution in [1.29, 1.82) is 0 Å². The Morgan fingerprint density at radius 1 is 1.44 bits per heavy atom. The first-order chi connectivity index (χ1) is 8.44. The summed E-state index contributed by atoms with van der Waals surface area (Å²) in [6.45, 7) is 1.98. The van der Waals surface area contributed by atoms with E-state index in [0.717, 1.165) is 11.5 Å². The van der Waals surface area contributed by atoms with Gasteiger partial charge in [-0.1, -0.05) is 0 Å². The molecule has 0 saturated carbocycles. The molecule has 0 aliphatic carbocycles. The molecule has 6 nitrogen and oxygen atoms in total. The number of nitrogens with one attached hydrogen (secondary N) is 2. The van der Waals surface area contributed by atoms with Crippen molar-refractivity contribution in [2.75, 3.05) is 30.8 Å². The molecule has 8 heteroatoms. The van der Waals surface area contributed by atoms with E-state index in [4.69, 9.17) is 0 Å². The number of hydrogen-bond acceptors (Lipinski definition) is 4. The normalized spacial score (nSPS) is 11.7. The number of alkyl halides is 1. The van der Waals surface area contributed by atoms with Crippen molar-refractivity contribution >= 4 is 15.8 Å². The van der Waals surface area contributed by atoms with Crippen LogP contribution in [0.5, 0.6) is 0 Å². The average molecular weight is 278 g/mol. The highest BCUT2D eigenvalue weighted by atomic mass is 32.2. The third-order valence-corrected chi connectivity index (χ3v) is 3.77. The molecule has 2 N–H and O–H groups in total. The first-order valence-electron chi connectivity index (χ1n) is 5.72. The SMILES string of the molecule is Cc1cc(NCCNS(=O)(=O)CCCF)n(C)n1. The molecule has 0 unspecified atom stereocenters. The van der Waals surface area contributed by atoms with Gasteiger partial charge in [0, 0.05) is 26.2 Å². The zero-order valence-electron chi connectivity index (χ0n) is 10.6. The van der Waals surface area contributed by atoms with Crippen molar-refractivity contribution in [2.45, 2.75) is 13.3 Å². The molecule has 0 bridgehead atoms. The molecule has 0 aliphatic rings. The summed E-state index contributed by atoms with van der Waals surface area (Å²) in [6.07, 6.45) is 0.0314. The van der Waals surface area contributed by atoms with Gasteiger partial charge in [0.1, 0.15) is 5.82 Å². The topological polar surface area (TPSA) is 76.0 Å². The van der Waals surface area contributed by atoms with Crippen LogP contribution in [0.4, 0.5) is 10.2 Å². The largest absolute Gasteiger partial charge is 0.369 e. The van der Waals surface area contributed by atoms with Crippen LogP contribution in [0.3, 0.4) is 0 Å². The number of aromatic nitrogens is 2. The fourth-order valence-corrected chi connectivity index (χ4v) is 2.54. The number of sulfonamides is 1. The van der Waals surface area contributed by atoms with E-state index in [1.807, 2.05) is 13.0 Å². The zero-order chi connectivity index (χ0) is 13.6. The Bertz CT molecular complexity index is 472. The first-order valence-corrected chi connectivity index (χ1v) is 7.37. The first kappa shape index (κ1) is 14.9. The molecule has 1 aromatic rings. The van der Waals surface area contributed by atoms with Crippen LogP contribution in [0.25, 0.3) is 0 Å². The molecule has 0 aliphatic heterocycles. The number of hydrogen-bond donors (Lipinski definition) is 2. The van der Waals surface area contributed by atoms with E-state index in [0.29, 0.717) is 6.54 Å². The predicted molar refractivity (Wildman–Crippen MR) is 68.8 cm³/mol. The van der Waals surface area contributed by atoms with Crippen LogP contribution in [0.1, 0.15) is 12.1 Å². The Morgan fingerprint density at radius 2 is 2.17 bits per heavy atom. The molecule has 0 saturated heterocycles. The van der Waals surface area contributed by atoms with Crippen molar-refractivity contribution in [3.05, 3.63) is 11.8 Å². The van der Waals surface area contributed by atoms with Crippen molar-refractivity contribution in [2.24, 2.45) is 7.05 Å². The lowest BCUT2D eigenvalue weighted by Gasteiger charge is -2.08. The van der Waals surface area contributed by atoms with E-state index in [2.05, 4.69) is 15.1 Å². The summed E-state index contributed by atoms with van der Waals surface area (Å²) in [6, 6.07) is 1.87. The number of nitrogens with zero attached hydrogens (tertiary/aromatic N) is 2. The smallest absolute Gasteiger partial charge is 0.211 e. The number of anilines is 1. The summed E-state index contributed by atoms with van der Waals surface area (Å²) in [5.74, 6) is 0.657. The molecule has 0 amide bonds. The zero-order valence-corrected chi connectivity index (χ0v) is 11.4. The second-order valence-corrected chi connectivity index (χ2v) is 5.90. The molecular formula is C10H19FN4O2S. The molecule has 0 aromatic carbocycles. The number of aryl methyl sites for hydroxylation is 2. The predicted octanol–water partition coefficient (Wildman–Crippen LogP) is 0.419. The maximum atomic E-state index is 11.9. The summed E-state index contributed by atoms with van der Waals surface area (Å²) in [5.41, 5.74) is 0.892. The van der Waals surface area contributed by atoms with Crippen LogP contribution >= 0.6 is 0 Å². The van der Waals surface area contributed by atoms with Crippen LogP contribution in [-0.4, -0.2) is 43.7 Å². The lowest BCUT2D eigenvalue weighted by Crippen LogP contribution is -2.31. The minimum atomic E-state index is -3.36. The third-order valence-electron chi connectivity index (χ3n) is 2.30. The van der Waals surface area contributed by atoms with Gasteiger partial charge in [-0.05, 0) is 13.3 Å². The quantitative estimate of drug-likeness (QED) is 0.676.